The maximum atomic E-state index is 5.77. The standard InChI is InChI=1S/C12H15N5O2S/c1-8-15-12(20-16-8)17-4-3-9(7-17)19-11-13-5-10(18-2)6-14-11/h5-6,9H,3-4,7H2,1-2H3. The zero-order chi connectivity index (χ0) is 13.9. The maximum Gasteiger partial charge on any atom is 0.316 e. The topological polar surface area (TPSA) is 73.3 Å². The van der Waals surface area contributed by atoms with Gasteiger partial charge in [-0.15, -0.1) is 0 Å². The smallest absolute Gasteiger partial charge is 0.316 e. The van der Waals surface area contributed by atoms with Gasteiger partial charge in [0.05, 0.1) is 26.0 Å². The van der Waals surface area contributed by atoms with E-state index < -0.39 is 0 Å². The number of methoxy groups -OCH3 is 1. The van der Waals surface area contributed by atoms with Crippen molar-refractivity contribution in [1.82, 2.24) is 19.3 Å². The van der Waals surface area contributed by atoms with Crippen LogP contribution < -0.4 is 14.4 Å². The molecule has 8 heteroatoms. The monoisotopic (exact) mass is 293 g/mol. The summed E-state index contributed by atoms with van der Waals surface area (Å²) in [5.41, 5.74) is 0. The second-order valence-electron chi connectivity index (χ2n) is 4.50. The molecule has 1 unspecified atom stereocenters. The van der Waals surface area contributed by atoms with E-state index in [4.69, 9.17) is 9.47 Å². The van der Waals surface area contributed by atoms with Crippen molar-refractivity contribution in [3.8, 4) is 11.8 Å². The lowest BCUT2D eigenvalue weighted by molar-refractivity contribution is 0.205. The Morgan fingerprint density at radius 3 is 2.80 bits per heavy atom. The molecule has 3 heterocycles. The van der Waals surface area contributed by atoms with Crippen LogP contribution in [0.5, 0.6) is 11.8 Å². The average Bonchev–Trinajstić information content (AvgIpc) is 3.09. The predicted molar refractivity (Wildman–Crippen MR) is 74.5 cm³/mol. The average molecular weight is 293 g/mol. The van der Waals surface area contributed by atoms with Crippen LogP contribution in [0.3, 0.4) is 0 Å². The molecule has 20 heavy (non-hydrogen) atoms. The van der Waals surface area contributed by atoms with Crippen LogP contribution in [-0.2, 0) is 0 Å². The van der Waals surface area contributed by atoms with Gasteiger partial charge in [0.1, 0.15) is 11.9 Å². The fourth-order valence-electron chi connectivity index (χ4n) is 2.03. The predicted octanol–water partition coefficient (Wildman–Crippen LogP) is 1.30. The molecule has 0 N–H and O–H groups in total. The Kier molecular flexibility index (Phi) is 3.64. The van der Waals surface area contributed by atoms with Crippen LogP contribution in [0.1, 0.15) is 12.2 Å². The van der Waals surface area contributed by atoms with Gasteiger partial charge in [-0.05, 0) is 6.92 Å². The molecule has 1 fully saturated rings. The van der Waals surface area contributed by atoms with Gasteiger partial charge >= 0.3 is 6.01 Å². The number of hydrogen-bond acceptors (Lipinski definition) is 8. The fraction of sp³-hybridized carbons (Fsp3) is 0.500. The van der Waals surface area contributed by atoms with E-state index in [1.807, 2.05) is 6.92 Å². The first kappa shape index (κ1) is 13.0. The van der Waals surface area contributed by atoms with Gasteiger partial charge in [-0.3, -0.25) is 0 Å². The third-order valence-electron chi connectivity index (χ3n) is 3.04. The lowest BCUT2D eigenvalue weighted by Crippen LogP contribution is -2.24. The molecule has 0 saturated carbocycles. The normalized spacial score (nSPS) is 18.3. The van der Waals surface area contributed by atoms with Crippen molar-refractivity contribution in [2.75, 3.05) is 25.1 Å². The molecule has 0 aliphatic carbocycles. The molecular weight excluding hydrogens is 278 g/mol. The maximum absolute atomic E-state index is 5.77. The van der Waals surface area contributed by atoms with Gasteiger partial charge in [-0.2, -0.15) is 14.3 Å². The van der Waals surface area contributed by atoms with Crippen LogP contribution in [0.4, 0.5) is 5.13 Å². The first-order valence-electron chi connectivity index (χ1n) is 6.32. The number of aromatic nitrogens is 4. The summed E-state index contributed by atoms with van der Waals surface area (Å²) in [6, 6.07) is 0.381. The number of nitrogens with zero attached hydrogens (tertiary/aromatic N) is 5. The van der Waals surface area contributed by atoms with E-state index in [1.165, 1.54) is 11.5 Å². The zero-order valence-electron chi connectivity index (χ0n) is 11.3. The Morgan fingerprint density at radius 1 is 1.35 bits per heavy atom. The minimum Gasteiger partial charge on any atom is -0.494 e. The Hall–Kier alpha value is -1.96. The van der Waals surface area contributed by atoms with Crippen LogP contribution in [0.15, 0.2) is 12.4 Å². The molecule has 1 aliphatic heterocycles. The van der Waals surface area contributed by atoms with E-state index >= 15 is 0 Å². The van der Waals surface area contributed by atoms with Crippen molar-refractivity contribution >= 4 is 16.7 Å². The van der Waals surface area contributed by atoms with Crippen LogP contribution in [0.2, 0.25) is 0 Å². The first-order chi connectivity index (χ1) is 9.74. The molecule has 0 bridgehead atoms. The van der Waals surface area contributed by atoms with Crippen LogP contribution in [-0.4, -0.2) is 45.6 Å². The molecule has 0 radical (unpaired) electrons. The quantitative estimate of drug-likeness (QED) is 0.841. The number of rotatable bonds is 4. The van der Waals surface area contributed by atoms with Crippen molar-refractivity contribution in [1.29, 1.82) is 0 Å². The van der Waals surface area contributed by atoms with Crippen LogP contribution in [0.25, 0.3) is 0 Å². The minimum atomic E-state index is 0.0765. The highest BCUT2D eigenvalue weighted by atomic mass is 32.1. The summed E-state index contributed by atoms with van der Waals surface area (Å²) >= 11 is 1.42. The molecule has 1 atom stereocenters. The Balaban J connectivity index is 1.59. The van der Waals surface area contributed by atoms with Crippen LogP contribution in [0, 0.1) is 6.92 Å². The van der Waals surface area contributed by atoms with Gasteiger partial charge in [-0.25, -0.2) is 4.98 Å². The summed E-state index contributed by atoms with van der Waals surface area (Å²) in [7, 11) is 1.58. The highest BCUT2D eigenvalue weighted by molar-refractivity contribution is 7.09. The Labute approximate surface area is 120 Å². The van der Waals surface area contributed by atoms with E-state index in [0.717, 1.165) is 30.5 Å². The minimum absolute atomic E-state index is 0.0765. The number of hydrogen-bond donors (Lipinski definition) is 0. The highest BCUT2D eigenvalue weighted by Crippen LogP contribution is 2.24. The van der Waals surface area contributed by atoms with Gasteiger partial charge in [-0.1, -0.05) is 0 Å². The van der Waals surface area contributed by atoms with Crippen LogP contribution >= 0.6 is 11.5 Å². The van der Waals surface area contributed by atoms with E-state index in [1.54, 1.807) is 19.5 Å². The van der Waals surface area contributed by atoms with Crippen molar-refractivity contribution in [2.24, 2.45) is 0 Å². The Bertz CT molecular complexity index is 573. The second-order valence-corrected chi connectivity index (χ2v) is 5.23. The summed E-state index contributed by atoms with van der Waals surface area (Å²) in [4.78, 5) is 14.8. The molecule has 0 amide bonds. The van der Waals surface area contributed by atoms with Crippen molar-refractivity contribution in [2.45, 2.75) is 19.4 Å². The lowest BCUT2D eigenvalue weighted by atomic mass is 10.3. The second kappa shape index (κ2) is 5.58. The molecular formula is C12H15N5O2S. The van der Waals surface area contributed by atoms with Gasteiger partial charge in [0.25, 0.3) is 0 Å². The summed E-state index contributed by atoms with van der Waals surface area (Å²) in [6.07, 6.45) is 4.20. The largest absolute Gasteiger partial charge is 0.494 e. The summed E-state index contributed by atoms with van der Waals surface area (Å²) in [5, 5.41) is 0.948. The fourth-order valence-corrected chi connectivity index (χ4v) is 2.74. The SMILES string of the molecule is COc1cnc(OC2CCN(c3nc(C)ns3)C2)nc1. The van der Waals surface area contributed by atoms with Crippen molar-refractivity contribution in [3.05, 3.63) is 18.2 Å². The third-order valence-corrected chi connectivity index (χ3v) is 3.91. The van der Waals surface area contributed by atoms with Gasteiger partial charge in [0, 0.05) is 24.5 Å². The van der Waals surface area contributed by atoms with Crippen molar-refractivity contribution < 1.29 is 9.47 Å². The van der Waals surface area contributed by atoms with Gasteiger partial charge in [0.15, 0.2) is 5.75 Å². The molecule has 7 nitrogen and oxygen atoms in total. The molecule has 1 aliphatic rings. The molecule has 2 aromatic heterocycles. The van der Waals surface area contributed by atoms with E-state index in [2.05, 4.69) is 24.2 Å². The number of aryl methyl sites for hydroxylation is 1. The first-order valence-corrected chi connectivity index (χ1v) is 7.10. The summed E-state index contributed by atoms with van der Waals surface area (Å²) in [6.45, 7) is 3.59. The van der Waals surface area contributed by atoms with Crippen molar-refractivity contribution in [3.63, 3.8) is 0 Å². The van der Waals surface area contributed by atoms with E-state index in [9.17, 15) is 0 Å². The molecule has 0 aromatic carbocycles. The van der Waals surface area contributed by atoms with E-state index in [0.29, 0.717) is 11.8 Å². The number of ether oxygens (including phenoxy) is 2. The lowest BCUT2D eigenvalue weighted by Gasteiger charge is -2.14. The molecule has 3 rings (SSSR count). The number of anilines is 1. The highest BCUT2D eigenvalue weighted by Gasteiger charge is 2.26. The Morgan fingerprint density at radius 2 is 2.15 bits per heavy atom. The summed E-state index contributed by atoms with van der Waals surface area (Å²) in [5.74, 6) is 1.43. The van der Waals surface area contributed by atoms with E-state index in [-0.39, 0.29) is 6.10 Å². The molecule has 106 valence electrons. The van der Waals surface area contributed by atoms with Gasteiger partial charge in [0.2, 0.25) is 5.13 Å². The summed E-state index contributed by atoms with van der Waals surface area (Å²) < 4.78 is 15.0. The molecule has 1 saturated heterocycles. The third kappa shape index (κ3) is 2.79. The zero-order valence-corrected chi connectivity index (χ0v) is 12.1. The molecule has 2 aromatic rings. The molecule has 0 spiro atoms. The van der Waals surface area contributed by atoms with Gasteiger partial charge < -0.3 is 14.4 Å².